The van der Waals surface area contributed by atoms with E-state index in [1.54, 1.807) is 0 Å². The number of fused-ring (bicyclic) bond motifs is 3. The normalized spacial score (nSPS) is 19.1. The molecule has 34 heavy (non-hydrogen) atoms. The number of aliphatic imine (C=N–C) groups is 1. The van der Waals surface area contributed by atoms with E-state index in [0.29, 0.717) is 5.92 Å². The summed E-state index contributed by atoms with van der Waals surface area (Å²) in [6.07, 6.45) is 6.17. The predicted octanol–water partition coefficient (Wildman–Crippen LogP) is 8.09. The second kappa shape index (κ2) is 8.65. The van der Waals surface area contributed by atoms with E-state index in [1.165, 1.54) is 27.2 Å². The lowest BCUT2D eigenvalue weighted by Gasteiger charge is -2.30. The Morgan fingerprint density at radius 3 is 2.21 bits per heavy atom. The average Bonchev–Trinajstić information content (AvgIpc) is 2.88. The molecule has 4 aromatic carbocycles. The SMILES string of the molecule is N#CC1=C2C=C(Nc3ccc4ccccc4c3)CCC2CC/C1=N\c1ccc2ccccc2c1. The van der Waals surface area contributed by atoms with Gasteiger partial charge in [0.1, 0.15) is 6.07 Å². The molecule has 0 radical (unpaired) electrons. The Labute approximate surface area is 199 Å². The van der Waals surface area contributed by atoms with Crippen LogP contribution in [0.5, 0.6) is 0 Å². The first-order valence-corrected chi connectivity index (χ1v) is 11.9. The zero-order valence-electron chi connectivity index (χ0n) is 19.0. The van der Waals surface area contributed by atoms with Gasteiger partial charge in [0.2, 0.25) is 0 Å². The number of hydrogen-bond donors (Lipinski definition) is 1. The van der Waals surface area contributed by atoms with Crippen LogP contribution in [0, 0.1) is 17.2 Å². The third kappa shape index (κ3) is 3.89. The Morgan fingerprint density at radius 1 is 0.765 bits per heavy atom. The molecule has 4 aromatic rings. The monoisotopic (exact) mass is 439 g/mol. The summed E-state index contributed by atoms with van der Waals surface area (Å²) >= 11 is 0. The average molecular weight is 440 g/mol. The van der Waals surface area contributed by atoms with Crippen molar-refractivity contribution in [1.29, 1.82) is 5.26 Å². The maximum atomic E-state index is 10.1. The van der Waals surface area contributed by atoms with Gasteiger partial charge in [-0.2, -0.15) is 5.26 Å². The summed E-state index contributed by atoms with van der Waals surface area (Å²) in [5.41, 5.74) is 5.97. The quantitative estimate of drug-likeness (QED) is 0.351. The van der Waals surface area contributed by atoms with Crippen LogP contribution in [0.2, 0.25) is 0 Å². The lowest BCUT2D eigenvalue weighted by molar-refractivity contribution is 0.512. The fourth-order valence-corrected chi connectivity index (χ4v) is 5.24. The van der Waals surface area contributed by atoms with Crippen molar-refractivity contribution in [2.45, 2.75) is 25.7 Å². The molecular formula is C31H25N3. The summed E-state index contributed by atoms with van der Waals surface area (Å²) in [7, 11) is 0. The minimum absolute atomic E-state index is 0.437. The summed E-state index contributed by atoms with van der Waals surface area (Å²) in [6.45, 7) is 0. The fourth-order valence-electron chi connectivity index (χ4n) is 5.24. The summed E-state index contributed by atoms with van der Waals surface area (Å²) in [5, 5.41) is 18.6. The Bertz CT molecular complexity index is 1550. The molecule has 3 heteroatoms. The largest absolute Gasteiger partial charge is 0.359 e. The van der Waals surface area contributed by atoms with Gasteiger partial charge >= 0.3 is 0 Å². The maximum absolute atomic E-state index is 10.1. The van der Waals surface area contributed by atoms with E-state index in [1.807, 2.05) is 18.2 Å². The third-order valence-electron chi connectivity index (χ3n) is 7.00. The van der Waals surface area contributed by atoms with Gasteiger partial charge in [0.25, 0.3) is 0 Å². The highest BCUT2D eigenvalue weighted by Gasteiger charge is 2.29. The van der Waals surface area contributed by atoms with Crippen LogP contribution in [0.3, 0.4) is 0 Å². The van der Waals surface area contributed by atoms with Crippen LogP contribution in [-0.2, 0) is 0 Å². The summed E-state index contributed by atoms with van der Waals surface area (Å²) < 4.78 is 0. The number of allylic oxidation sites excluding steroid dienone is 4. The molecule has 2 aliphatic rings. The molecule has 2 aliphatic carbocycles. The van der Waals surface area contributed by atoms with Crippen molar-refractivity contribution in [3.8, 4) is 6.07 Å². The van der Waals surface area contributed by atoms with E-state index >= 15 is 0 Å². The van der Waals surface area contributed by atoms with Crippen molar-refractivity contribution in [2.75, 3.05) is 5.32 Å². The van der Waals surface area contributed by atoms with Crippen LogP contribution in [0.4, 0.5) is 11.4 Å². The van der Waals surface area contributed by atoms with E-state index in [0.717, 1.165) is 53.9 Å². The van der Waals surface area contributed by atoms with Crippen LogP contribution < -0.4 is 5.32 Å². The predicted molar refractivity (Wildman–Crippen MR) is 141 cm³/mol. The topological polar surface area (TPSA) is 48.2 Å². The molecule has 164 valence electrons. The van der Waals surface area contributed by atoms with Crippen molar-refractivity contribution in [3.63, 3.8) is 0 Å². The second-order valence-electron chi connectivity index (χ2n) is 9.16. The van der Waals surface area contributed by atoms with E-state index in [9.17, 15) is 5.26 Å². The molecule has 0 aromatic heterocycles. The minimum Gasteiger partial charge on any atom is -0.359 e. The highest BCUT2D eigenvalue weighted by atomic mass is 14.9. The highest BCUT2D eigenvalue weighted by Crippen LogP contribution is 2.39. The van der Waals surface area contributed by atoms with Crippen molar-refractivity contribution < 1.29 is 0 Å². The van der Waals surface area contributed by atoms with Gasteiger partial charge in [-0.25, -0.2) is 0 Å². The molecule has 1 N–H and O–H groups in total. The molecule has 0 saturated carbocycles. The molecule has 0 aliphatic heterocycles. The molecule has 0 bridgehead atoms. The Morgan fingerprint density at radius 2 is 1.44 bits per heavy atom. The Hall–Kier alpha value is -4.16. The Kier molecular flexibility index (Phi) is 5.20. The number of nitrogens with zero attached hydrogens (tertiary/aromatic N) is 2. The summed E-state index contributed by atoms with van der Waals surface area (Å²) in [6, 6.07) is 31.9. The number of hydrogen-bond acceptors (Lipinski definition) is 3. The van der Waals surface area contributed by atoms with Gasteiger partial charge in [-0.15, -0.1) is 0 Å². The van der Waals surface area contributed by atoms with Gasteiger partial charge in [0, 0.05) is 11.4 Å². The van der Waals surface area contributed by atoms with Crippen molar-refractivity contribution in [1.82, 2.24) is 0 Å². The van der Waals surface area contributed by atoms with Crippen molar-refractivity contribution in [3.05, 3.63) is 108 Å². The molecular weight excluding hydrogens is 414 g/mol. The number of benzene rings is 4. The summed E-state index contributed by atoms with van der Waals surface area (Å²) in [4.78, 5) is 4.94. The van der Waals surface area contributed by atoms with E-state index in [4.69, 9.17) is 4.99 Å². The number of nitrogens with one attached hydrogen (secondary N) is 1. The van der Waals surface area contributed by atoms with Crippen LogP contribution in [0.15, 0.2) is 113 Å². The number of rotatable bonds is 3. The first kappa shape index (κ1) is 20.4. The first-order chi connectivity index (χ1) is 16.8. The van der Waals surface area contributed by atoms with Crippen molar-refractivity contribution >= 4 is 38.6 Å². The highest BCUT2D eigenvalue weighted by molar-refractivity contribution is 6.07. The van der Waals surface area contributed by atoms with Gasteiger partial charge in [0.05, 0.1) is 17.0 Å². The number of anilines is 1. The van der Waals surface area contributed by atoms with Crippen molar-refractivity contribution in [2.24, 2.45) is 10.9 Å². The van der Waals surface area contributed by atoms with Gasteiger partial charge in [-0.3, -0.25) is 4.99 Å². The smallest absolute Gasteiger partial charge is 0.101 e. The lowest BCUT2D eigenvalue weighted by Crippen LogP contribution is -2.22. The molecule has 0 spiro atoms. The zero-order chi connectivity index (χ0) is 22.9. The van der Waals surface area contributed by atoms with Crippen LogP contribution in [-0.4, -0.2) is 5.71 Å². The first-order valence-electron chi connectivity index (χ1n) is 11.9. The third-order valence-corrected chi connectivity index (χ3v) is 7.00. The fraction of sp³-hybridized carbons (Fsp3) is 0.161. The molecule has 0 amide bonds. The van der Waals surface area contributed by atoms with Gasteiger partial charge < -0.3 is 5.32 Å². The molecule has 0 fully saturated rings. The molecule has 6 rings (SSSR count). The molecule has 1 unspecified atom stereocenters. The Balaban J connectivity index is 1.34. The van der Waals surface area contributed by atoms with Gasteiger partial charge in [0.15, 0.2) is 0 Å². The van der Waals surface area contributed by atoms with E-state index in [-0.39, 0.29) is 0 Å². The molecule has 1 atom stereocenters. The molecule has 3 nitrogen and oxygen atoms in total. The minimum atomic E-state index is 0.437. The van der Waals surface area contributed by atoms with E-state index < -0.39 is 0 Å². The second-order valence-corrected chi connectivity index (χ2v) is 9.16. The molecule has 0 heterocycles. The summed E-state index contributed by atoms with van der Waals surface area (Å²) in [5.74, 6) is 0.437. The maximum Gasteiger partial charge on any atom is 0.101 e. The van der Waals surface area contributed by atoms with Crippen LogP contribution in [0.25, 0.3) is 21.5 Å². The van der Waals surface area contributed by atoms with Gasteiger partial charge in [-0.05, 0) is 89.1 Å². The molecule has 0 saturated heterocycles. The van der Waals surface area contributed by atoms with E-state index in [2.05, 4.69) is 84.2 Å². The van der Waals surface area contributed by atoms with Crippen LogP contribution >= 0.6 is 0 Å². The number of nitriles is 1. The van der Waals surface area contributed by atoms with Crippen LogP contribution in [0.1, 0.15) is 25.7 Å². The zero-order valence-corrected chi connectivity index (χ0v) is 19.0. The standard InChI is InChI=1S/C31H25N3/c32-20-30-29-19-28(33-26-13-9-21-5-1-3-7-24(21)17-26)15-11-23(29)12-16-31(30)34-27-14-10-22-6-2-4-8-25(22)18-27/h1-10,13-14,17-19,23,33H,11-12,15-16H2/b34-31+. The van der Waals surface area contributed by atoms with Gasteiger partial charge in [-0.1, -0.05) is 60.7 Å². The lowest BCUT2D eigenvalue weighted by atomic mass is 9.76.